The van der Waals surface area contributed by atoms with E-state index in [-0.39, 0.29) is 11.9 Å². The lowest BCUT2D eigenvalue weighted by atomic mass is 10.1. The second-order valence-electron chi connectivity index (χ2n) is 3.85. The molecule has 0 saturated heterocycles. The fraction of sp³-hybridized carbons (Fsp3) is 0.500. The van der Waals surface area contributed by atoms with Gasteiger partial charge in [0.15, 0.2) is 0 Å². The first-order chi connectivity index (χ1) is 7.13. The van der Waals surface area contributed by atoms with Gasteiger partial charge in [-0.3, -0.25) is 0 Å². The van der Waals surface area contributed by atoms with Crippen LogP contribution < -0.4 is 10.6 Å². The largest absolute Gasteiger partial charge is 0.375 e. The van der Waals surface area contributed by atoms with Crippen molar-refractivity contribution < 1.29 is 4.39 Å². The molecule has 1 rings (SSSR count). The summed E-state index contributed by atoms with van der Waals surface area (Å²) in [5, 5.41) is 0. The van der Waals surface area contributed by atoms with Crippen molar-refractivity contribution in [2.24, 2.45) is 5.73 Å². The Hall–Kier alpha value is -1.09. The highest BCUT2D eigenvalue weighted by atomic mass is 19.1. The van der Waals surface area contributed by atoms with Gasteiger partial charge in [0.1, 0.15) is 5.82 Å². The minimum atomic E-state index is -0.197. The van der Waals surface area contributed by atoms with E-state index >= 15 is 0 Å². The minimum Gasteiger partial charge on any atom is -0.375 e. The van der Waals surface area contributed by atoms with Crippen molar-refractivity contribution in [2.45, 2.75) is 25.8 Å². The summed E-state index contributed by atoms with van der Waals surface area (Å²) in [5.41, 5.74) is 6.86. The number of nitrogens with zero attached hydrogens (tertiary/aromatic N) is 1. The number of halogens is 1. The van der Waals surface area contributed by atoms with Gasteiger partial charge < -0.3 is 10.6 Å². The maximum Gasteiger partial charge on any atom is 0.123 e. The van der Waals surface area contributed by atoms with E-state index in [0.29, 0.717) is 0 Å². The van der Waals surface area contributed by atoms with Gasteiger partial charge in [0.05, 0.1) is 0 Å². The standard InChI is InChI=1S/C12H19FN2/c1-3-11(14)8-9-15(2)12-6-4-10(13)5-7-12/h4-7,11H,3,8-9,14H2,1-2H3. The molecule has 0 heterocycles. The highest BCUT2D eigenvalue weighted by Crippen LogP contribution is 2.13. The molecule has 0 aliphatic heterocycles. The van der Waals surface area contributed by atoms with Crippen molar-refractivity contribution in [1.29, 1.82) is 0 Å². The molecule has 0 spiro atoms. The maximum absolute atomic E-state index is 12.7. The van der Waals surface area contributed by atoms with Crippen molar-refractivity contribution >= 4 is 5.69 Å². The minimum absolute atomic E-state index is 0.197. The topological polar surface area (TPSA) is 29.3 Å². The van der Waals surface area contributed by atoms with Gasteiger partial charge in [0, 0.05) is 25.3 Å². The van der Waals surface area contributed by atoms with E-state index < -0.39 is 0 Å². The summed E-state index contributed by atoms with van der Waals surface area (Å²) in [5.74, 6) is -0.197. The van der Waals surface area contributed by atoms with E-state index in [1.165, 1.54) is 12.1 Å². The molecule has 0 radical (unpaired) electrons. The maximum atomic E-state index is 12.7. The van der Waals surface area contributed by atoms with E-state index in [1.54, 1.807) is 12.1 Å². The third-order valence-electron chi connectivity index (χ3n) is 2.63. The molecular weight excluding hydrogens is 191 g/mol. The molecule has 0 aromatic heterocycles. The van der Waals surface area contributed by atoms with Gasteiger partial charge >= 0.3 is 0 Å². The molecule has 15 heavy (non-hydrogen) atoms. The number of rotatable bonds is 5. The summed E-state index contributed by atoms with van der Waals surface area (Å²) in [7, 11) is 2.00. The molecule has 84 valence electrons. The van der Waals surface area contributed by atoms with Gasteiger partial charge in [-0.1, -0.05) is 6.92 Å². The van der Waals surface area contributed by atoms with E-state index in [4.69, 9.17) is 5.73 Å². The first-order valence-corrected chi connectivity index (χ1v) is 5.35. The molecular formula is C12H19FN2. The molecule has 0 fully saturated rings. The van der Waals surface area contributed by atoms with Crippen LogP contribution in [0, 0.1) is 5.82 Å². The molecule has 0 bridgehead atoms. The highest BCUT2D eigenvalue weighted by Gasteiger charge is 2.04. The second-order valence-corrected chi connectivity index (χ2v) is 3.85. The molecule has 1 aromatic rings. The van der Waals surface area contributed by atoms with Gasteiger partial charge in [-0.25, -0.2) is 4.39 Å². The monoisotopic (exact) mass is 210 g/mol. The average molecular weight is 210 g/mol. The molecule has 2 N–H and O–H groups in total. The van der Waals surface area contributed by atoms with Crippen molar-refractivity contribution in [3.8, 4) is 0 Å². The van der Waals surface area contributed by atoms with Crippen LogP contribution in [-0.4, -0.2) is 19.6 Å². The Morgan fingerprint density at radius 1 is 1.33 bits per heavy atom. The van der Waals surface area contributed by atoms with Crippen LogP contribution in [0.25, 0.3) is 0 Å². The average Bonchev–Trinajstić information content (AvgIpc) is 2.26. The van der Waals surface area contributed by atoms with Crippen LogP contribution >= 0.6 is 0 Å². The molecule has 3 heteroatoms. The predicted octanol–water partition coefficient (Wildman–Crippen LogP) is 2.39. The Morgan fingerprint density at radius 2 is 1.93 bits per heavy atom. The zero-order chi connectivity index (χ0) is 11.3. The fourth-order valence-corrected chi connectivity index (χ4v) is 1.39. The highest BCUT2D eigenvalue weighted by molar-refractivity contribution is 5.45. The lowest BCUT2D eigenvalue weighted by Gasteiger charge is -2.20. The molecule has 1 atom stereocenters. The Kier molecular flexibility index (Phi) is 4.56. The summed E-state index contributed by atoms with van der Waals surface area (Å²) in [6.07, 6.45) is 1.96. The molecule has 0 saturated carbocycles. The number of benzene rings is 1. The fourth-order valence-electron chi connectivity index (χ4n) is 1.39. The Balaban J connectivity index is 2.46. The number of nitrogens with two attached hydrogens (primary N) is 1. The van der Waals surface area contributed by atoms with Crippen LogP contribution in [0.4, 0.5) is 10.1 Å². The summed E-state index contributed by atoms with van der Waals surface area (Å²) < 4.78 is 12.7. The molecule has 0 aliphatic carbocycles. The third-order valence-corrected chi connectivity index (χ3v) is 2.63. The molecule has 1 aromatic carbocycles. The van der Waals surface area contributed by atoms with Crippen molar-refractivity contribution in [2.75, 3.05) is 18.5 Å². The van der Waals surface area contributed by atoms with Gasteiger partial charge in [-0.05, 0) is 37.1 Å². The molecule has 0 aliphatic rings. The van der Waals surface area contributed by atoms with Crippen LogP contribution in [0.5, 0.6) is 0 Å². The van der Waals surface area contributed by atoms with Crippen LogP contribution in [0.3, 0.4) is 0 Å². The first kappa shape index (κ1) is 12.0. The van der Waals surface area contributed by atoms with Gasteiger partial charge in [0.25, 0.3) is 0 Å². The second kappa shape index (κ2) is 5.71. The van der Waals surface area contributed by atoms with E-state index in [1.807, 2.05) is 7.05 Å². The molecule has 0 amide bonds. The summed E-state index contributed by atoms with van der Waals surface area (Å²) >= 11 is 0. The van der Waals surface area contributed by atoms with Gasteiger partial charge in [-0.2, -0.15) is 0 Å². The smallest absolute Gasteiger partial charge is 0.123 e. The predicted molar refractivity (Wildman–Crippen MR) is 62.6 cm³/mol. The summed E-state index contributed by atoms with van der Waals surface area (Å²) in [4.78, 5) is 2.09. The zero-order valence-electron chi connectivity index (χ0n) is 9.41. The number of hydrogen-bond acceptors (Lipinski definition) is 2. The summed E-state index contributed by atoms with van der Waals surface area (Å²) in [6, 6.07) is 6.78. The van der Waals surface area contributed by atoms with E-state index in [0.717, 1.165) is 25.1 Å². The van der Waals surface area contributed by atoms with Crippen LogP contribution in [0.1, 0.15) is 19.8 Å². The normalized spacial score (nSPS) is 12.5. The zero-order valence-corrected chi connectivity index (χ0v) is 9.41. The summed E-state index contributed by atoms with van der Waals surface area (Å²) in [6.45, 7) is 2.99. The first-order valence-electron chi connectivity index (χ1n) is 5.35. The van der Waals surface area contributed by atoms with E-state index in [2.05, 4.69) is 11.8 Å². The Labute approximate surface area is 90.9 Å². The molecule has 1 unspecified atom stereocenters. The van der Waals surface area contributed by atoms with Crippen molar-refractivity contribution in [3.05, 3.63) is 30.1 Å². The number of anilines is 1. The third kappa shape index (κ3) is 3.88. The van der Waals surface area contributed by atoms with Crippen molar-refractivity contribution in [1.82, 2.24) is 0 Å². The van der Waals surface area contributed by atoms with E-state index in [9.17, 15) is 4.39 Å². The lowest BCUT2D eigenvalue weighted by molar-refractivity contribution is 0.593. The van der Waals surface area contributed by atoms with Crippen LogP contribution in [0.15, 0.2) is 24.3 Å². The van der Waals surface area contributed by atoms with Gasteiger partial charge in [0.2, 0.25) is 0 Å². The Bertz CT molecular complexity index is 284. The lowest BCUT2D eigenvalue weighted by Crippen LogP contribution is -2.27. The van der Waals surface area contributed by atoms with Crippen LogP contribution in [-0.2, 0) is 0 Å². The Morgan fingerprint density at radius 3 is 2.47 bits per heavy atom. The van der Waals surface area contributed by atoms with Crippen molar-refractivity contribution in [3.63, 3.8) is 0 Å². The van der Waals surface area contributed by atoms with Crippen LogP contribution in [0.2, 0.25) is 0 Å². The quantitative estimate of drug-likeness (QED) is 0.808. The molecule has 2 nitrogen and oxygen atoms in total. The SMILES string of the molecule is CCC(N)CCN(C)c1ccc(F)cc1. The van der Waals surface area contributed by atoms with Gasteiger partial charge in [-0.15, -0.1) is 0 Å². The number of hydrogen-bond donors (Lipinski definition) is 1.